The molecule has 3 heterocycles. The average molecular weight is 357 g/mol. The minimum absolute atomic E-state index is 0.0967. The van der Waals surface area contributed by atoms with Gasteiger partial charge >= 0.3 is 5.76 Å². The Hall–Kier alpha value is -2.87. The highest BCUT2D eigenvalue weighted by Crippen LogP contribution is 2.20. The monoisotopic (exact) mass is 357 g/mol. The highest BCUT2D eigenvalue weighted by atomic mass is 16.5. The van der Waals surface area contributed by atoms with Gasteiger partial charge in [0.25, 0.3) is 0 Å². The Morgan fingerprint density at radius 1 is 1.35 bits per heavy atom. The van der Waals surface area contributed by atoms with E-state index in [1.807, 2.05) is 13.0 Å². The topological polar surface area (TPSA) is 99.5 Å². The van der Waals surface area contributed by atoms with Gasteiger partial charge in [0.15, 0.2) is 5.58 Å². The zero-order valence-electron chi connectivity index (χ0n) is 14.3. The maximum Gasteiger partial charge on any atom is 0.420 e. The molecule has 0 bridgehead atoms. The van der Waals surface area contributed by atoms with E-state index in [2.05, 4.69) is 10.5 Å². The Morgan fingerprint density at radius 2 is 2.19 bits per heavy atom. The van der Waals surface area contributed by atoms with Crippen LogP contribution in [0.15, 0.2) is 44.1 Å². The zero-order valence-corrected chi connectivity index (χ0v) is 14.3. The first-order chi connectivity index (χ1) is 12.6. The van der Waals surface area contributed by atoms with Gasteiger partial charge in [-0.15, -0.1) is 0 Å². The molecule has 1 aromatic carbocycles. The van der Waals surface area contributed by atoms with Crippen molar-refractivity contribution in [2.75, 3.05) is 13.2 Å². The van der Waals surface area contributed by atoms with Gasteiger partial charge in [0, 0.05) is 18.4 Å². The van der Waals surface area contributed by atoms with E-state index in [0.717, 1.165) is 11.5 Å². The molecule has 26 heavy (non-hydrogen) atoms. The van der Waals surface area contributed by atoms with Crippen LogP contribution in [0.2, 0.25) is 0 Å². The minimum atomic E-state index is -0.544. The third-order valence-electron chi connectivity index (χ3n) is 4.56. The molecule has 0 saturated carbocycles. The van der Waals surface area contributed by atoms with Gasteiger partial charge in [-0.05, 0) is 19.1 Å². The standard InChI is InChI=1S/C18H19N3O5/c1-11-6-13(26-20-11)7-12-9-24-10-14(12)19-17(22)8-21-15-4-2-3-5-16(15)25-18(21)23/h2-6,12,14H,7-10H2,1H3,(H,19,22)/t12-,14+/m1/s1. The Kier molecular flexibility index (Phi) is 4.34. The zero-order chi connectivity index (χ0) is 18.1. The summed E-state index contributed by atoms with van der Waals surface area (Å²) in [5.74, 6) is 0.0732. The number of carbonyl (C=O) groups is 1. The Morgan fingerprint density at radius 3 is 3.00 bits per heavy atom. The third-order valence-corrected chi connectivity index (χ3v) is 4.56. The molecule has 1 N–H and O–H groups in total. The van der Waals surface area contributed by atoms with E-state index in [4.69, 9.17) is 13.7 Å². The normalized spacial score (nSPS) is 19.9. The van der Waals surface area contributed by atoms with Gasteiger partial charge in [0.05, 0.1) is 30.5 Å². The van der Waals surface area contributed by atoms with Crippen LogP contribution in [0.5, 0.6) is 0 Å². The number of nitrogens with one attached hydrogen (secondary N) is 1. The van der Waals surface area contributed by atoms with E-state index in [1.54, 1.807) is 24.3 Å². The first kappa shape index (κ1) is 16.6. The molecule has 4 rings (SSSR count). The van der Waals surface area contributed by atoms with Crippen molar-refractivity contribution in [3.63, 3.8) is 0 Å². The number of para-hydroxylation sites is 2. The number of nitrogens with zero attached hydrogens (tertiary/aromatic N) is 2. The van der Waals surface area contributed by atoms with Crippen LogP contribution in [-0.4, -0.2) is 34.9 Å². The second-order valence-electron chi connectivity index (χ2n) is 6.53. The number of rotatable bonds is 5. The predicted molar refractivity (Wildman–Crippen MR) is 91.7 cm³/mol. The summed E-state index contributed by atoms with van der Waals surface area (Å²) in [4.78, 5) is 24.5. The fourth-order valence-electron chi connectivity index (χ4n) is 3.29. The molecule has 136 valence electrons. The Balaban J connectivity index is 1.43. The fourth-order valence-corrected chi connectivity index (χ4v) is 3.29. The van der Waals surface area contributed by atoms with Gasteiger partial charge in [-0.1, -0.05) is 17.3 Å². The van der Waals surface area contributed by atoms with Crippen LogP contribution in [0, 0.1) is 12.8 Å². The molecule has 0 radical (unpaired) electrons. The fraction of sp³-hybridized carbons (Fsp3) is 0.389. The first-order valence-electron chi connectivity index (χ1n) is 8.48. The number of hydrogen-bond donors (Lipinski definition) is 1. The van der Waals surface area contributed by atoms with E-state index in [-0.39, 0.29) is 24.4 Å². The molecule has 8 heteroatoms. The summed E-state index contributed by atoms with van der Waals surface area (Å²) in [6, 6.07) is 8.77. The third kappa shape index (κ3) is 3.28. The van der Waals surface area contributed by atoms with Crippen LogP contribution in [-0.2, 0) is 22.5 Å². The van der Waals surface area contributed by atoms with E-state index < -0.39 is 5.76 Å². The number of aromatic nitrogens is 2. The van der Waals surface area contributed by atoms with Crippen LogP contribution in [0.25, 0.3) is 11.1 Å². The van der Waals surface area contributed by atoms with Crippen molar-refractivity contribution in [3.05, 3.63) is 52.3 Å². The molecule has 3 aromatic rings. The van der Waals surface area contributed by atoms with Crippen molar-refractivity contribution in [2.24, 2.45) is 5.92 Å². The SMILES string of the molecule is Cc1cc(C[C@@H]2COC[C@@H]2NC(=O)Cn2c(=O)oc3ccccc32)on1. The van der Waals surface area contributed by atoms with Crippen LogP contribution in [0.3, 0.4) is 0 Å². The van der Waals surface area contributed by atoms with E-state index in [1.165, 1.54) is 4.57 Å². The summed E-state index contributed by atoms with van der Waals surface area (Å²) in [7, 11) is 0. The van der Waals surface area contributed by atoms with Gasteiger partial charge < -0.3 is 19.0 Å². The van der Waals surface area contributed by atoms with Gasteiger partial charge in [-0.25, -0.2) is 4.79 Å². The van der Waals surface area contributed by atoms with E-state index in [9.17, 15) is 9.59 Å². The predicted octanol–water partition coefficient (Wildman–Crippen LogP) is 1.26. The van der Waals surface area contributed by atoms with Crippen molar-refractivity contribution >= 4 is 17.0 Å². The highest BCUT2D eigenvalue weighted by Gasteiger charge is 2.31. The average Bonchev–Trinajstić information content (AvgIpc) is 3.30. The molecule has 0 spiro atoms. The largest absolute Gasteiger partial charge is 0.420 e. The molecule has 1 aliphatic heterocycles. The number of benzene rings is 1. The summed E-state index contributed by atoms with van der Waals surface area (Å²) in [6.45, 7) is 2.74. The van der Waals surface area contributed by atoms with Crippen molar-refractivity contribution < 1.29 is 18.5 Å². The molecule has 1 aliphatic rings. The molecule has 1 amide bonds. The molecule has 2 atom stereocenters. The number of fused-ring (bicyclic) bond motifs is 1. The maximum absolute atomic E-state index is 12.5. The van der Waals surface area contributed by atoms with E-state index >= 15 is 0 Å². The summed E-state index contributed by atoms with van der Waals surface area (Å²) < 4.78 is 17.3. The minimum Gasteiger partial charge on any atom is -0.408 e. The van der Waals surface area contributed by atoms with Crippen LogP contribution >= 0.6 is 0 Å². The second-order valence-corrected chi connectivity index (χ2v) is 6.53. The molecule has 0 unspecified atom stereocenters. The summed E-state index contributed by atoms with van der Waals surface area (Å²) >= 11 is 0. The number of oxazole rings is 1. The van der Waals surface area contributed by atoms with Crippen LogP contribution < -0.4 is 11.1 Å². The van der Waals surface area contributed by atoms with Crippen molar-refractivity contribution in [3.8, 4) is 0 Å². The van der Waals surface area contributed by atoms with Crippen LogP contribution in [0.1, 0.15) is 11.5 Å². The van der Waals surface area contributed by atoms with Crippen molar-refractivity contribution in [1.82, 2.24) is 15.0 Å². The number of ether oxygens (including phenoxy) is 1. The lowest BCUT2D eigenvalue weighted by atomic mass is 9.98. The number of amides is 1. The van der Waals surface area contributed by atoms with Gasteiger partial charge in [0.1, 0.15) is 12.3 Å². The van der Waals surface area contributed by atoms with Crippen molar-refractivity contribution in [1.29, 1.82) is 0 Å². The highest BCUT2D eigenvalue weighted by molar-refractivity contribution is 5.79. The molecular weight excluding hydrogens is 338 g/mol. The lowest BCUT2D eigenvalue weighted by Gasteiger charge is -2.18. The lowest BCUT2D eigenvalue weighted by Crippen LogP contribution is -2.42. The Labute approximate surface area is 148 Å². The molecule has 1 fully saturated rings. The second kappa shape index (κ2) is 6.80. The molecule has 8 nitrogen and oxygen atoms in total. The number of aryl methyl sites for hydroxylation is 1. The smallest absolute Gasteiger partial charge is 0.408 e. The van der Waals surface area contributed by atoms with Crippen molar-refractivity contribution in [2.45, 2.75) is 25.9 Å². The quantitative estimate of drug-likeness (QED) is 0.738. The van der Waals surface area contributed by atoms with Gasteiger partial charge in [-0.3, -0.25) is 9.36 Å². The number of hydrogen-bond acceptors (Lipinski definition) is 6. The molecule has 0 aliphatic carbocycles. The molecule has 1 saturated heterocycles. The number of carbonyl (C=O) groups excluding carboxylic acids is 1. The van der Waals surface area contributed by atoms with E-state index in [0.29, 0.717) is 30.7 Å². The molecular formula is C18H19N3O5. The lowest BCUT2D eigenvalue weighted by molar-refractivity contribution is -0.122. The molecule has 2 aromatic heterocycles. The van der Waals surface area contributed by atoms with Gasteiger partial charge in [-0.2, -0.15) is 0 Å². The Bertz CT molecular complexity index is 986. The summed E-state index contributed by atoms with van der Waals surface area (Å²) in [5, 5.41) is 6.84. The maximum atomic E-state index is 12.5. The summed E-state index contributed by atoms with van der Waals surface area (Å²) in [5.41, 5.74) is 1.89. The van der Waals surface area contributed by atoms with Gasteiger partial charge in [0.2, 0.25) is 5.91 Å². The first-order valence-corrected chi connectivity index (χ1v) is 8.48. The summed E-state index contributed by atoms with van der Waals surface area (Å²) in [6.07, 6.45) is 0.639. The van der Waals surface area contributed by atoms with Crippen LogP contribution in [0.4, 0.5) is 0 Å².